The summed E-state index contributed by atoms with van der Waals surface area (Å²) >= 11 is 0. The Morgan fingerprint density at radius 1 is 1.36 bits per heavy atom. The van der Waals surface area contributed by atoms with Gasteiger partial charge < -0.3 is 20.8 Å². The van der Waals surface area contributed by atoms with E-state index in [1.807, 2.05) is 24.3 Å². The highest BCUT2D eigenvalue weighted by Gasteiger charge is 2.33. The molecule has 3 N–H and O–H groups in total. The second kappa shape index (κ2) is 7.17. The summed E-state index contributed by atoms with van der Waals surface area (Å²) in [5.41, 5.74) is 2.36. The molecule has 0 radical (unpaired) electrons. The number of ether oxygens (including phenoxy) is 1. The van der Waals surface area contributed by atoms with Crippen LogP contribution in [0.2, 0.25) is 0 Å². The molecule has 0 unspecified atom stereocenters. The van der Waals surface area contributed by atoms with Crippen molar-refractivity contribution in [3.05, 3.63) is 35.4 Å². The Labute approximate surface area is 129 Å². The first-order valence-electron chi connectivity index (χ1n) is 7.24. The largest absolute Gasteiger partial charge is 0.469 e. The van der Waals surface area contributed by atoms with Crippen molar-refractivity contribution in [1.29, 1.82) is 5.41 Å². The predicted molar refractivity (Wildman–Crippen MR) is 82.7 cm³/mol. The quantitative estimate of drug-likeness (QED) is 0.555. The number of carbonyl (C=O) groups is 2. The van der Waals surface area contributed by atoms with Crippen LogP contribution in [0.1, 0.15) is 24.5 Å². The standard InChI is InChI=1S/C16H21N3O3/c1-10(17)12-5-3-11(4-6-12)8-19-15(20)14-7-13(9-18-14)16(21)22-2/h3-6,13-14,17-18H,7-9H2,1-2H3,(H,19,20)/t13-,14+/m1/s1. The van der Waals surface area contributed by atoms with E-state index in [1.54, 1.807) is 6.92 Å². The lowest BCUT2D eigenvalue weighted by molar-refractivity contribution is -0.144. The van der Waals surface area contributed by atoms with Gasteiger partial charge in [-0.05, 0) is 24.5 Å². The minimum absolute atomic E-state index is 0.112. The molecular formula is C16H21N3O3. The molecule has 6 heteroatoms. The molecule has 0 spiro atoms. The summed E-state index contributed by atoms with van der Waals surface area (Å²) in [6, 6.07) is 7.17. The van der Waals surface area contributed by atoms with Gasteiger partial charge >= 0.3 is 5.97 Å². The number of esters is 1. The van der Waals surface area contributed by atoms with Crippen LogP contribution < -0.4 is 10.6 Å². The van der Waals surface area contributed by atoms with Crippen molar-refractivity contribution in [3.8, 4) is 0 Å². The fraction of sp³-hybridized carbons (Fsp3) is 0.438. The fourth-order valence-corrected chi connectivity index (χ4v) is 2.47. The third kappa shape index (κ3) is 3.92. The van der Waals surface area contributed by atoms with E-state index < -0.39 is 0 Å². The van der Waals surface area contributed by atoms with Crippen molar-refractivity contribution < 1.29 is 14.3 Å². The van der Waals surface area contributed by atoms with E-state index >= 15 is 0 Å². The highest BCUT2D eigenvalue weighted by molar-refractivity contribution is 5.96. The van der Waals surface area contributed by atoms with Crippen LogP contribution >= 0.6 is 0 Å². The summed E-state index contributed by atoms with van der Waals surface area (Å²) in [4.78, 5) is 23.5. The van der Waals surface area contributed by atoms with Crippen molar-refractivity contribution in [2.24, 2.45) is 5.92 Å². The molecule has 1 saturated heterocycles. The Morgan fingerprint density at radius 2 is 2.05 bits per heavy atom. The van der Waals surface area contributed by atoms with Crippen molar-refractivity contribution >= 4 is 17.6 Å². The number of hydrogen-bond acceptors (Lipinski definition) is 5. The van der Waals surface area contributed by atoms with E-state index in [0.29, 0.717) is 25.2 Å². The van der Waals surface area contributed by atoms with Gasteiger partial charge in [-0.3, -0.25) is 9.59 Å². The van der Waals surface area contributed by atoms with Gasteiger partial charge in [0.25, 0.3) is 0 Å². The van der Waals surface area contributed by atoms with Crippen molar-refractivity contribution in [3.63, 3.8) is 0 Å². The second-order valence-electron chi connectivity index (χ2n) is 5.46. The molecule has 0 aliphatic carbocycles. The molecule has 118 valence electrons. The number of hydrogen-bond donors (Lipinski definition) is 3. The van der Waals surface area contributed by atoms with Gasteiger partial charge in [0.1, 0.15) is 0 Å². The molecule has 1 amide bonds. The van der Waals surface area contributed by atoms with Gasteiger partial charge in [0, 0.05) is 18.8 Å². The van der Waals surface area contributed by atoms with E-state index in [2.05, 4.69) is 10.6 Å². The summed E-state index contributed by atoms with van der Waals surface area (Å²) in [6.07, 6.45) is 0.463. The molecular weight excluding hydrogens is 282 g/mol. The normalized spacial score (nSPS) is 20.5. The molecule has 2 rings (SSSR count). The van der Waals surface area contributed by atoms with E-state index in [-0.39, 0.29) is 23.8 Å². The van der Waals surface area contributed by atoms with Gasteiger partial charge in [0.2, 0.25) is 5.91 Å². The molecule has 0 bridgehead atoms. The molecule has 1 fully saturated rings. The predicted octanol–water partition coefficient (Wildman–Crippen LogP) is 0.842. The lowest BCUT2D eigenvalue weighted by Gasteiger charge is -2.11. The topological polar surface area (TPSA) is 91.3 Å². The van der Waals surface area contributed by atoms with Crippen LogP contribution in [0.3, 0.4) is 0 Å². The van der Waals surface area contributed by atoms with Crippen molar-refractivity contribution in [2.75, 3.05) is 13.7 Å². The first kappa shape index (κ1) is 16.2. The SMILES string of the molecule is COC(=O)[C@H]1CN[C@H](C(=O)NCc2ccc(C(C)=N)cc2)C1. The smallest absolute Gasteiger partial charge is 0.310 e. The van der Waals surface area contributed by atoms with Crippen LogP contribution in [0, 0.1) is 11.3 Å². The first-order chi connectivity index (χ1) is 10.5. The summed E-state index contributed by atoms with van der Waals surface area (Å²) in [6.45, 7) is 2.63. The van der Waals surface area contributed by atoms with Crippen LogP contribution in [0.15, 0.2) is 24.3 Å². The van der Waals surface area contributed by atoms with Gasteiger partial charge in [-0.1, -0.05) is 24.3 Å². The second-order valence-corrected chi connectivity index (χ2v) is 5.46. The van der Waals surface area contributed by atoms with Crippen LogP contribution in [0.25, 0.3) is 0 Å². The van der Waals surface area contributed by atoms with Crippen LogP contribution in [-0.4, -0.2) is 37.3 Å². The Morgan fingerprint density at radius 3 is 2.64 bits per heavy atom. The minimum atomic E-state index is -0.354. The average molecular weight is 303 g/mol. The minimum Gasteiger partial charge on any atom is -0.469 e. The third-order valence-electron chi connectivity index (χ3n) is 3.84. The summed E-state index contributed by atoms with van der Waals surface area (Å²) < 4.78 is 4.69. The molecule has 0 saturated carbocycles. The Kier molecular flexibility index (Phi) is 5.27. The number of nitrogens with one attached hydrogen (secondary N) is 3. The maximum atomic E-state index is 12.1. The van der Waals surface area contributed by atoms with Crippen LogP contribution in [-0.2, 0) is 20.9 Å². The molecule has 0 aromatic heterocycles. The van der Waals surface area contributed by atoms with Crippen molar-refractivity contribution in [1.82, 2.24) is 10.6 Å². The van der Waals surface area contributed by atoms with E-state index in [9.17, 15) is 9.59 Å². The van der Waals surface area contributed by atoms with Gasteiger partial charge in [0.15, 0.2) is 0 Å². The zero-order valence-corrected chi connectivity index (χ0v) is 12.8. The number of methoxy groups -OCH3 is 1. The Bertz CT molecular complexity index is 569. The summed E-state index contributed by atoms with van der Waals surface area (Å²) in [7, 11) is 1.36. The van der Waals surface area contributed by atoms with Crippen molar-refractivity contribution in [2.45, 2.75) is 25.9 Å². The van der Waals surface area contributed by atoms with Gasteiger partial charge in [-0.15, -0.1) is 0 Å². The van der Waals surface area contributed by atoms with Gasteiger partial charge in [0.05, 0.1) is 19.1 Å². The fourth-order valence-electron chi connectivity index (χ4n) is 2.47. The van der Waals surface area contributed by atoms with E-state index in [4.69, 9.17) is 10.1 Å². The van der Waals surface area contributed by atoms with Gasteiger partial charge in [-0.2, -0.15) is 0 Å². The maximum absolute atomic E-state index is 12.1. The molecule has 1 aliphatic heterocycles. The molecule has 1 aromatic rings. The highest BCUT2D eigenvalue weighted by Crippen LogP contribution is 2.15. The molecule has 1 heterocycles. The first-order valence-corrected chi connectivity index (χ1v) is 7.24. The molecule has 22 heavy (non-hydrogen) atoms. The average Bonchev–Trinajstić information content (AvgIpc) is 3.02. The van der Waals surface area contributed by atoms with E-state index in [0.717, 1.165) is 11.1 Å². The lowest BCUT2D eigenvalue weighted by Crippen LogP contribution is -2.40. The zero-order chi connectivity index (χ0) is 16.1. The number of amides is 1. The van der Waals surface area contributed by atoms with Crippen LogP contribution in [0.4, 0.5) is 0 Å². The highest BCUT2D eigenvalue weighted by atomic mass is 16.5. The maximum Gasteiger partial charge on any atom is 0.310 e. The summed E-state index contributed by atoms with van der Waals surface area (Å²) in [5, 5.41) is 13.4. The molecule has 1 aliphatic rings. The number of rotatable bonds is 5. The monoisotopic (exact) mass is 303 g/mol. The number of carbonyl (C=O) groups excluding carboxylic acids is 2. The number of benzene rings is 1. The van der Waals surface area contributed by atoms with E-state index in [1.165, 1.54) is 7.11 Å². The van der Waals surface area contributed by atoms with Crippen LogP contribution in [0.5, 0.6) is 0 Å². The Balaban J connectivity index is 1.83. The Hall–Kier alpha value is -2.21. The van der Waals surface area contributed by atoms with Gasteiger partial charge in [-0.25, -0.2) is 0 Å². The third-order valence-corrected chi connectivity index (χ3v) is 3.84. The molecule has 2 atom stereocenters. The zero-order valence-electron chi connectivity index (χ0n) is 12.8. The summed E-state index contributed by atoms with van der Waals surface area (Å²) in [5.74, 6) is -0.644. The molecule has 1 aromatic carbocycles. The molecule has 6 nitrogen and oxygen atoms in total. The lowest BCUT2D eigenvalue weighted by atomic mass is 10.1.